The van der Waals surface area contributed by atoms with E-state index in [0.717, 1.165) is 24.9 Å². The Morgan fingerprint density at radius 2 is 2.33 bits per heavy atom. The topological polar surface area (TPSA) is 34.9 Å². The van der Waals surface area contributed by atoms with Gasteiger partial charge < -0.3 is 4.57 Å². The SMILES string of the molecule is O=Cc1ncn2c1CCCCC2. The summed E-state index contributed by atoms with van der Waals surface area (Å²) in [4.78, 5) is 14.6. The third-order valence-corrected chi connectivity index (χ3v) is 2.40. The number of aromatic nitrogens is 2. The summed E-state index contributed by atoms with van der Waals surface area (Å²) in [6.07, 6.45) is 7.31. The van der Waals surface area contributed by atoms with Gasteiger partial charge in [-0.05, 0) is 19.3 Å². The molecule has 3 heteroatoms. The monoisotopic (exact) mass is 164 g/mol. The zero-order valence-corrected chi connectivity index (χ0v) is 6.99. The zero-order valence-electron chi connectivity index (χ0n) is 6.99. The second-order valence-electron chi connectivity index (χ2n) is 3.20. The lowest BCUT2D eigenvalue weighted by Gasteiger charge is -2.00. The summed E-state index contributed by atoms with van der Waals surface area (Å²) in [5.74, 6) is 0. The van der Waals surface area contributed by atoms with Crippen LogP contribution in [0.3, 0.4) is 0 Å². The molecule has 64 valence electrons. The number of fused-ring (bicyclic) bond motifs is 1. The van der Waals surface area contributed by atoms with Crippen molar-refractivity contribution in [2.75, 3.05) is 0 Å². The van der Waals surface area contributed by atoms with E-state index in [2.05, 4.69) is 9.55 Å². The maximum absolute atomic E-state index is 10.6. The number of aryl methyl sites for hydroxylation is 1. The van der Waals surface area contributed by atoms with Gasteiger partial charge in [0.1, 0.15) is 5.69 Å². The van der Waals surface area contributed by atoms with E-state index in [0.29, 0.717) is 5.69 Å². The van der Waals surface area contributed by atoms with Crippen molar-refractivity contribution in [2.45, 2.75) is 32.2 Å². The lowest BCUT2D eigenvalue weighted by atomic mass is 10.2. The van der Waals surface area contributed by atoms with Crippen molar-refractivity contribution in [1.82, 2.24) is 9.55 Å². The summed E-state index contributed by atoms with van der Waals surface area (Å²) >= 11 is 0. The van der Waals surface area contributed by atoms with E-state index in [1.165, 1.54) is 19.3 Å². The molecule has 1 aliphatic rings. The predicted octanol–water partition coefficient (Wildman–Crippen LogP) is 1.42. The Bertz CT molecular complexity index is 291. The first kappa shape index (κ1) is 7.53. The van der Waals surface area contributed by atoms with E-state index >= 15 is 0 Å². The molecule has 3 nitrogen and oxygen atoms in total. The molecule has 0 saturated carbocycles. The van der Waals surface area contributed by atoms with Gasteiger partial charge in [-0.1, -0.05) is 6.42 Å². The van der Waals surface area contributed by atoms with Crippen molar-refractivity contribution >= 4 is 6.29 Å². The highest BCUT2D eigenvalue weighted by molar-refractivity contribution is 5.73. The first-order chi connectivity index (χ1) is 5.92. The fourth-order valence-electron chi connectivity index (χ4n) is 1.74. The number of hydrogen-bond acceptors (Lipinski definition) is 2. The molecular formula is C9H12N2O. The van der Waals surface area contributed by atoms with Gasteiger partial charge in [-0.2, -0.15) is 0 Å². The Morgan fingerprint density at radius 1 is 1.42 bits per heavy atom. The van der Waals surface area contributed by atoms with Crippen LogP contribution < -0.4 is 0 Å². The lowest BCUT2D eigenvalue weighted by molar-refractivity contribution is 0.111. The Labute approximate surface area is 71.4 Å². The highest BCUT2D eigenvalue weighted by Crippen LogP contribution is 2.16. The molecule has 0 aromatic carbocycles. The average Bonchev–Trinajstić information content (AvgIpc) is 2.33. The molecule has 12 heavy (non-hydrogen) atoms. The first-order valence-electron chi connectivity index (χ1n) is 4.41. The number of carbonyl (C=O) groups is 1. The molecule has 0 radical (unpaired) electrons. The van der Waals surface area contributed by atoms with Gasteiger partial charge in [0.2, 0.25) is 0 Å². The van der Waals surface area contributed by atoms with Crippen LogP contribution in [-0.4, -0.2) is 15.8 Å². The molecule has 0 atom stereocenters. The van der Waals surface area contributed by atoms with E-state index in [1.54, 1.807) is 6.33 Å². The number of aldehydes is 1. The second-order valence-corrected chi connectivity index (χ2v) is 3.20. The number of imidazole rings is 1. The molecule has 0 amide bonds. The van der Waals surface area contributed by atoms with Crippen LogP contribution in [0.2, 0.25) is 0 Å². The Kier molecular flexibility index (Phi) is 1.94. The summed E-state index contributed by atoms with van der Waals surface area (Å²) in [5, 5.41) is 0. The lowest BCUT2D eigenvalue weighted by Crippen LogP contribution is -1.99. The Hall–Kier alpha value is -1.12. The van der Waals surface area contributed by atoms with Gasteiger partial charge in [0.05, 0.1) is 6.33 Å². The van der Waals surface area contributed by atoms with Gasteiger partial charge in [-0.3, -0.25) is 4.79 Å². The van der Waals surface area contributed by atoms with Crippen LogP contribution in [-0.2, 0) is 13.0 Å². The molecule has 2 rings (SSSR count). The number of hydrogen-bond donors (Lipinski definition) is 0. The molecule has 2 heterocycles. The maximum Gasteiger partial charge on any atom is 0.170 e. The average molecular weight is 164 g/mol. The first-order valence-corrected chi connectivity index (χ1v) is 4.41. The van der Waals surface area contributed by atoms with Crippen LogP contribution in [0, 0.1) is 0 Å². The number of rotatable bonds is 1. The second kappa shape index (κ2) is 3.09. The van der Waals surface area contributed by atoms with Crippen LogP contribution in [0.5, 0.6) is 0 Å². The third-order valence-electron chi connectivity index (χ3n) is 2.40. The molecule has 0 spiro atoms. The van der Waals surface area contributed by atoms with Crippen molar-refractivity contribution in [1.29, 1.82) is 0 Å². The van der Waals surface area contributed by atoms with Gasteiger partial charge in [-0.25, -0.2) is 4.98 Å². The predicted molar refractivity (Wildman–Crippen MR) is 45.2 cm³/mol. The van der Waals surface area contributed by atoms with Crippen LogP contribution in [0.4, 0.5) is 0 Å². The normalized spacial score (nSPS) is 16.7. The van der Waals surface area contributed by atoms with Crippen molar-refractivity contribution in [3.8, 4) is 0 Å². The molecule has 1 aliphatic heterocycles. The van der Waals surface area contributed by atoms with Gasteiger partial charge in [0, 0.05) is 12.2 Å². The van der Waals surface area contributed by atoms with Crippen molar-refractivity contribution in [3.63, 3.8) is 0 Å². The van der Waals surface area contributed by atoms with E-state index in [9.17, 15) is 4.79 Å². The summed E-state index contributed by atoms with van der Waals surface area (Å²) in [6.45, 7) is 1.02. The highest BCUT2D eigenvalue weighted by Gasteiger charge is 2.12. The van der Waals surface area contributed by atoms with Crippen LogP contribution in [0.1, 0.15) is 35.4 Å². The van der Waals surface area contributed by atoms with Crippen molar-refractivity contribution in [3.05, 3.63) is 17.7 Å². The van der Waals surface area contributed by atoms with E-state index in [1.807, 2.05) is 0 Å². The van der Waals surface area contributed by atoms with Crippen molar-refractivity contribution < 1.29 is 4.79 Å². The molecule has 0 bridgehead atoms. The molecule has 0 fully saturated rings. The quantitative estimate of drug-likeness (QED) is 0.588. The summed E-state index contributed by atoms with van der Waals surface area (Å²) < 4.78 is 2.11. The fraction of sp³-hybridized carbons (Fsp3) is 0.556. The fourth-order valence-corrected chi connectivity index (χ4v) is 1.74. The Morgan fingerprint density at radius 3 is 3.17 bits per heavy atom. The summed E-state index contributed by atoms with van der Waals surface area (Å²) in [6, 6.07) is 0. The van der Waals surface area contributed by atoms with Crippen molar-refractivity contribution in [2.24, 2.45) is 0 Å². The molecule has 1 aromatic heterocycles. The summed E-state index contributed by atoms with van der Waals surface area (Å²) in [7, 11) is 0. The Balaban J connectivity index is 2.38. The van der Waals surface area contributed by atoms with Gasteiger partial charge in [-0.15, -0.1) is 0 Å². The minimum atomic E-state index is 0.636. The summed E-state index contributed by atoms with van der Waals surface area (Å²) in [5.41, 5.74) is 1.76. The zero-order chi connectivity index (χ0) is 8.39. The third kappa shape index (κ3) is 1.15. The standard InChI is InChI=1S/C9H12N2O/c12-6-8-9-4-2-1-3-5-11(9)7-10-8/h6-7H,1-5H2. The van der Waals surface area contributed by atoms with Gasteiger partial charge in [0.15, 0.2) is 6.29 Å². The maximum atomic E-state index is 10.6. The number of nitrogens with zero attached hydrogens (tertiary/aromatic N) is 2. The number of carbonyl (C=O) groups excluding carboxylic acids is 1. The van der Waals surface area contributed by atoms with Gasteiger partial charge in [0.25, 0.3) is 0 Å². The molecule has 0 N–H and O–H groups in total. The van der Waals surface area contributed by atoms with Crippen LogP contribution in [0.15, 0.2) is 6.33 Å². The van der Waals surface area contributed by atoms with Crippen LogP contribution in [0.25, 0.3) is 0 Å². The molecule has 0 unspecified atom stereocenters. The van der Waals surface area contributed by atoms with E-state index < -0.39 is 0 Å². The molecule has 0 aliphatic carbocycles. The molecule has 0 saturated heterocycles. The van der Waals surface area contributed by atoms with E-state index in [4.69, 9.17) is 0 Å². The minimum Gasteiger partial charge on any atom is -0.334 e. The van der Waals surface area contributed by atoms with Crippen LogP contribution >= 0.6 is 0 Å². The highest BCUT2D eigenvalue weighted by atomic mass is 16.1. The molecular weight excluding hydrogens is 152 g/mol. The smallest absolute Gasteiger partial charge is 0.170 e. The minimum absolute atomic E-state index is 0.636. The largest absolute Gasteiger partial charge is 0.334 e. The van der Waals surface area contributed by atoms with E-state index in [-0.39, 0.29) is 0 Å². The van der Waals surface area contributed by atoms with Gasteiger partial charge >= 0.3 is 0 Å². The molecule has 1 aromatic rings.